The number of anilines is 2. The van der Waals surface area contributed by atoms with E-state index in [1.807, 2.05) is 0 Å². The van der Waals surface area contributed by atoms with E-state index in [1.165, 1.54) is 29.5 Å². The van der Waals surface area contributed by atoms with Gasteiger partial charge in [0.1, 0.15) is 10.7 Å². The van der Waals surface area contributed by atoms with Crippen LogP contribution in [0.15, 0.2) is 23.7 Å². The number of rotatable bonds is 2. The van der Waals surface area contributed by atoms with Crippen molar-refractivity contribution in [2.45, 2.75) is 6.92 Å². The normalized spacial score (nSPS) is 10.2. The van der Waals surface area contributed by atoms with E-state index in [-0.39, 0.29) is 11.6 Å². The van der Waals surface area contributed by atoms with Gasteiger partial charge in [-0.15, -0.1) is 11.3 Å². The molecule has 2 aromatic rings. The maximum absolute atomic E-state index is 13.1. The predicted molar refractivity (Wildman–Crippen MR) is 65.6 cm³/mol. The zero-order valence-electron chi connectivity index (χ0n) is 9.03. The molecule has 1 aromatic carbocycles. The van der Waals surface area contributed by atoms with E-state index in [2.05, 4.69) is 10.3 Å². The van der Waals surface area contributed by atoms with Crippen LogP contribution in [0.25, 0.3) is 0 Å². The van der Waals surface area contributed by atoms with Gasteiger partial charge < -0.3 is 11.1 Å². The molecule has 6 heteroatoms. The average Bonchev–Trinajstić information content (AvgIpc) is 2.62. The van der Waals surface area contributed by atoms with Crippen LogP contribution in [0.5, 0.6) is 0 Å². The second-order valence-electron chi connectivity index (χ2n) is 3.49. The van der Waals surface area contributed by atoms with E-state index in [0.717, 1.165) is 0 Å². The molecule has 0 bridgehead atoms. The Balaban J connectivity index is 2.21. The van der Waals surface area contributed by atoms with Gasteiger partial charge in [-0.3, -0.25) is 4.79 Å². The van der Waals surface area contributed by atoms with Crippen LogP contribution < -0.4 is 11.1 Å². The lowest BCUT2D eigenvalue weighted by Gasteiger charge is -2.05. The second-order valence-corrected chi connectivity index (χ2v) is 4.35. The van der Waals surface area contributed by atoms with E-state index in [1.54, 1.807) is 12.4 Å². The number of hydrogen-bond acceptors (Lipinski definition) is 4. The Kier molecular flexibility index (Phi) is 3.06. The van der Waals surface area contributed by atoms with E-state index >= 15 is 0 Å². The molecule has 17 heavy (non-hydrogen) atoms. The fourth-order valence-electron chi connectivity index (χ4n) is 1.39. The molecule has 0 aliphatic rings. The maximum atomic E-state index is 13.1. The summed E-state index contributed by atoms with van der Waals surface area (Å²) in [7, 11) is 0. The standard InChI is InChI=1S/C11H10FN3OS/c1-6-10(17-5-14-6)11(16)15-9-3-7(12)2-8(13)4-9/h2-5H,13H2,1H3,(H,15,16). The molecule has 0 unspecified atom stereocenters. The highest BCUT2D eigenvalue weighted by Gasteiger charge is 2.12. The first kappa shape index (κ1) is 11.5. The van der Waals surface area contributed by atoms with Gasteiger partial charge in [-0.2, -0.15) is 0 Å². The first-order chi connectivity index (χ1) is 8.06. The molecule has 0 aliphatic carbocycles. The number of nitrogens with one attached hydrogen (secondary N) is 1. The number of carbonyl (C=O) groups is 1. The molecule has 3 N–H and O–H groups in total. The topological polar surface area (TPSA) is 68.0 Å². The van der Waals surface area contributed by atoms with Crippen LogP contribution in [0, 0.1) is 12.7 Å². The molecule has 0 fully saturated rings. The van der Waals surface area contributed by atoms with Gasteiger partial charge in [-0.25, -0.2) is 9.37 Å². The first-order valence-electron chi connectivity index (χ1n) is 4.84. The lowest BCUT2D eigenvalue weighted by Crippen LogP contribution is -2.12. The highest BCUT2D eigenvalue weighted by Crippen LogP contribution is 2.18. The van der Waals surface area contributed by atoms with Gasteiger partial charge in [0, 0.05) is 11.4 Å². The van der Waals surface area contributed by atoms with Crippen molar-refractivity contribution < 1.29 is 9.18 Å². The minimum Gasteiger partial charge on any atom is -0.399 e. The number of carbonyl (C=O) groups excluding carboxylic acids is 1. The maximum Gasteiger partial charge on any atom is 0.267 e. The number of thiazole rings is 1. The molecule has 2 rings (SSSR count). The number of nitrogen functional groups attached to an aromatic ring is 1. The molecule has 0 saturated carbocycles. The summed E-state index contributed by atoms with van der Waals surface area (Å²) in [5.41, 5.74) is 8.32. The van der Waals surface area contributed by atoms with Crippen molar-refractivity contribution in [2.24, 2.45) is 0 Å². The summed E-state index contributed by atoms with van der Waals surface area (Å²) in [6.07, 6.45) is 0. The van der Waals surface area contributed by atoms with Gasteiger partial charge in [-0.1, -0.05) is 0 Å². The largest absolute Gasteiger partial charge is 0.399 e. The molecule has 1 heterocycles. The molecular formula is C11H10FN3OS. The van der Waals surface area contributed by atoms with Gasteiger partial charge in [0.25, 0.3) is 5.91 Å². The lowest BCUT2D eigenvalue weighted by atomic mass is 10.2. The van der Waals surface area contributed by atoms with E-state index in [9.17, 15) is 9.18 Å². The van der Waals surface area contributed by atoms with Crippen LogP contribution in [0.3, 0.4) is 0 Å². The number of halogens is 1. The van der Waals surface area contributed by atoms with Crippen molar-refractivity contribution >= 4 is 28.6 Å². The number of nitrogens with zero attached hydrogens (tertiary/aromatic N) is 1. The van der Waals surface area contributed by atoms with Crippen molar-refractivity contribution in [2.75, 3.05) is 11.1 Å². The minimum absolute atomic E-state index is 0.265. The number of aromatic nitrogens is 1. The van der Waals surface area contributed by atoms with Crippen LogP contribution in [-0.2, 0) is 0 Å². The number of amides is 1. The van der Waals surface area contributed by atoms with Crippen LogP contribution in [0.2, 0.25) is 0 Å². The fraction of sp³-hybridized carbons (Fsp3) is 0.0909. The van der Waals surface area contributed by atoms with Crippen molar-refractivity contribution in [3.05, 3.63) is 40.1 Å². The minimum atomic E-state index is -0.485. The third-order valence-corrected chi connectivity index (χ3v) is 3.06. The van der Waals surface area contributed by atoms with Crippen LogP contribution in [0.4, 0.5) is 15.8 Å². The van der Waals surface area contributed by atoms with Gasteiger partial charge in [0.05, 0.1) is 11.2 Å². The number of nitrogens with two attached hydrogens (primary N) is 1. The van der Waals surface area contributed by atoms with Gasteiger partial charge in [-0.05, 0) is 25.1 Å². The summed E-state index contributed by atoms with van der Waals surface area (Å²) >= 11 is 1.24. The number of benzene rings is 1. The zero-order valence-corrected chi connectivity index (χ0v) is 9.84. The van der Waals surface area contributed by atoms with Crippen molar-refractivity contribution in [1.29, 1.82) is 0 Å². The van der Waals surface area contributed by atoms with E-state index < -0.39 is 5.82 Å². The van der Waals surface area contributed by atoms with Crippen LogP contribution in [-0.4, -0.2) is 10.9 Å². The second kappa shape index (κ2) is 4.50. The highest BCUT2D eigenvalue weighted by molar-refractivity contribution is 7.12. The van der Waals surface area contributed by atoms with Crippen molar-refractivity contribution in [3.63, 3.8) is 0 Å². The summed E-state index contributed by atoms with van der Waals surface area (Å²) in [6, 6.07) is 3.90. The van der Waals surface area contributed by atoms with Crippen molar-refractivity contribution in [1.82, 2.24) is 4.98 Å². The predicted octanol–water partition coefficient (Wildman–Crippen LogP) is 2.43. The highest BCUT2D eigenvalue weighted by atomic mass is 32.1. The summed E-state index contributed by atoms with van der Waals surface area (Å²) in [5, 5.41) is 2.58. The molecule has 0 spiro atoms. The summed E-state index contributed by atoms with van der Waals surface area (Å²) < 4.78 is 13.1. The first-order valence-corrected chi connectivity index (χ1v) is 5.72. The zero-order chi connectivity index (χ0) is 12.4. The lowest BCUT2D eigenvalue weighted by molar-refractivity contribution is 0.103. The Morgan fingerprint density at radius 3 is 2.82 bits per heavy atom. The molecule has 4 nitrogen and oxygen atoms in total. The number of aryl methyl sites for hydroxylation is 1. The summed E-state index contributed by atoms with van der Waals surface area (Å²) in [5.74, 6) is -0.795. The Morgan fingerprint density at radius 1 is 1.47 bits per heavy atom. The number of hydrogen-bond donors (Lipinski definition) is 2. The molecule has 0 saturated heterocycles. The van der Waals surface area contributed by atoms with Crippen LogP contribution in [0.1, 0.15) is 15.4 Å². The Bertz CT molecular complexity index is 547. The Hall–Kier alpha value is -1.95. The summed E-state index contributed by atoms with van der Waals surface area (Å²) in [4.78, 5) is 16.3. The molecule has 0 atom stereocenters. The molecule has 0 aliphatic heterocycles. The van der Waals surface area contributed by atoms with Gasteiger partial charge in [0.2, 0.25) is 0 Å². The third-order valence-electron chi connectivity index (χ3n) is 2.13. The fourth-order valence-corrected chi connectivity index (χ4v) is 2.09. The quantitative estimate of drug-likeness (QED) is 0.805. The van der Waals surface area contributed by atoms with Gasteiger partial charge in [0.15, 0.2) is 0 Å². The molecule has 1 amide bonds. The Morgan fingerprint density at radius 2 is 2.24 bits per heavy atom. The molecule has 88 valence electrons. The molecule has 0 radical (unpaired) electrons. The van der Waals surface area contributed by atoms with E-state index in [4.69, 9.17) is 5.73 Å². The molecular weight excluding hydrogens is 241 g/mol. The monoisotopic (exact) mass is 251 g/mol. The van der Waals surface area contributed by atoms with Crippen LogP contribution >= 0.6 is 11.3 Å². The van der Waals surface area contributed by atoms with Crippen molar-refractivity contribution in [3.8, 4) is 0 Å². The average molecular weight is 251 g/mol. The summed E-state index contributed by atoms with van der Waals surface area (Å²) in [6.45, 7) is 1.74. The third kappa shape index (κ3) is 2.59. The SMILES string of the molecule is Cc1ncsc1C(=O)Nc1cc(N)cc(F)c1. The van der Waals surface area contributed by atoms with E-state index in [0.29, 0.717) is 16.3 Å². The van der Waals surface area contributed by atoms with Gasteiger partial charge >= 0.3 is 0 Å². The smallest absolute Gasteiger partial charge is 0.267 e. The molecule has 1 aromatic heterocycles. The Labute approximate surface area is 101 Å².